The van der Waals surface area contributed by atoms with Crippen LogP contribution >= 0.6 is 0 Å². The van der Waals surface area contributed by atoms with Gasteiger partial charge in [-0.1, -0.05) is 289 Å². The van der Waals surface area contributed by atoms with Gasteiger partial charge in [-0.25, -0.2) is 8.78 Å². The van der Waals surface area contributed by atoms with E-state index < -0.39 is 0 Å². The van der Waals surface area contributed by atoms with Gasteiger partial charge in [-0.15, -0.1) is 0 Å². The zero-order valence-corrected chi connectivity index (χ0v) is 57.0. The van der Waals surface area contributed by atoms with Crippen molar-refractivity contribution in [2.75, 3.05) is 6.61 Å². The van der Waals surface area contributed by atoms with Crippen molar-refractivity contribution in [3.63, 3.8) is 0 Å². The van der Waals surface area contributed by atoms with Crippen LogP contribution in [0.2, 0.25) is 0 Å². The van der Waals surface area contributed by atoms with Crippen LogP contribution in [0.1, 0.15) is 302 Å². The third-order valence-corrected chi connectivity index (χ3v) is 14.3. The minimum Gasteiger partial charge on any atom is -0.494 e. The minimum atomic E-state index is -0.134. The average Bonchev–Trinajstić information content (AvgIpc) is 3.20. The summed E-state index contributed by atoms with van der Waals surface area (Å²) in [4.78, 5) is 0. The van der Waals surface area contributed by atoms with E-state index in [0.29, 0.717) is 0 Å². The Bertz CT molecular complexity index is 2510. The number of hydrogen-bond donors (Lipinski definition) is 0. The van der Waals surface area contributed by atoms with E-state index in [0.717, 1.165) is 45.7 Å². The lowest BCUT2D eigenvalue weighted by Crippen LogP contribution is -2.19. The summed E-state index contributed by atoms with van der Waals surface area (Å²) in [6, 6.07) is 30.1. The Kier molecular flexibility index (Phi) is 27.6. The molecule has 0 heterocycles. The van der Waals surface area contributed by atoms with Crippen LogP contribution in [0.5, 0.6) is 5.75 Å². The Balaban J connectivity index is 0. The number of rotatable bonds is 2. The Labute approximate surface area is 496 Å². The van der Waals surface area contributed by atoms with Crippen LogP contribution in [0.4, 0.5) is 8.78 Å². The fourth-order valence-electron chi connectivity index (χ4n) is 9.58. The highest BCUT2D eigenvalue weighted by Crippen LogP contribution is 2.38. The van der Waals surface area contributed by atoms with E-state index >= 15 is 0 Å². The molecule has 5 aromatic rings. The molecule has 0 saturated carbocycles. The first-order valence-corrected chi connectivity index (χ1v) is 29.2. The van der Waals surface area contributed by atoms with Crippen LogP contribution in [0, 0.1) is 32.4 Å². The average molecular weight is 1110 g/mol. The molecule has 0 aliphatic rings. The largest absolute Gasteiger partial charge is 0.494 e. The molecule has 0 spiro atoms. The molecule has 0 radical (unpaired) electrons. The smallest absolute Gasteiger partial charge is 0.127 e. The van der Waals surface area contributed by atoms with E-state index in [1.54, 1.807) is 12.1 Å². The van der Waals surface area contributed by atoms with E-state index in [9.17, 15) is 8.78 Å². The van der Waals surface area contributed by atoms with Gasteiger partial charge in [0.05, 0.1) is 6.61 Å². The van der Waals surface area contributed by atoms with Gasteiger partial charge in [-0.2, -0.15) is 0 Å². The fraction of sp³-hybridized carbons (Fsp3) is 0.610. The van der Waals surface area contributed by atoms with Gasteiger partial charge >= 0.3 is 0 Å². The number of halogens is 2. The Hall–Kier alpha value is -4.24. The highest BCUT2D eigenvalue weighted by molar-refractivity contribution is 5.44. The van der Waals surface area contributed by atoms with Crippen molar-refractivity contribution in [3.8, 4) is 5.75 Å². The highest BCUT2D eigenvalue weighted by atomic mass is 19.1. The second kappa shape index (κ2) is 28.4. The number of benzene rings is 5. The van der Waals surface area contributed by atoms with Gasteiger partial charge in [0.25, 0.3) is 0 Å². The minimum absolute atomic E-state index is 0. The SMILES string of the molecule is C.C.CC(C)(C)c1ccc(C(C)(C)C)cc1.CCOc1cc(C(C)(C)C)ccc1C(C)(C)C.Cc1cc(C(C)(C)C)cc(F)c1C(C)(C)C.Cc1cc(C(C)(C)C)cc(F)c1C(C)(C)C.Cc1cc(C(C)(C)C)ccc1C(C)(C)C. The molecule has 5 aromatic carbocycles. The van der Waals surface area contributed by atoms with Gasteiger partial charge in [-0.05, 0) is 172 Å². The maximum Gasteiger partial charge on any atom is 0.127 e. The fourth-order valence-corrected chi connectivity index (χ4v) is 9.58. The second-order valence-corrected chi connectivity index (χ2v) is 32.6. The molecule has 0 amide bonds. The van der Waals surface area contributed by atoms with Crippen molar-refractivity contribution in [1.29, 1.82) is 0 Å². The molecule has 0 saturated heterocycles. The van der Waals surface area contributed by atoms with Crippen LogP contribution in [-0.2, 0) is 54.1 Å². The van der Waals surface area contributed by atoms with E-state index in [2.05, 4.69) is 287 Å². The topological polar surface area (TPSA) is 9.23 Å². The molecular formula is C77H126F2O. The predicted octanol–water partition coefficient (Wildman–Crippen LogP) is 24.3. The molecule has 80 heavy (non-hydrogen) atoms. The summed E-state index contributed by atoms with van der Waals surface area (Å²) in [7, 11) is 0. The predicted molar refractivity (Wildman–Crippen MR) is 358 cm³/mol. The molecule has 0 atom stereocenters. The van der Waals surface area contributed by atoms with E-state index in [1.165, 1.54) is 38.9 Å². The molecule has 5 rings (SSSR count). The maximum atomic E-state index is 14.1. The van der Waals surface area contributed by atoms with Gasteiger partial charge in [-0.3, -0.25) is 0 Å². The maximum absolute atomic E-state index is 14.1. The lowest BCUT2D eigenvalue weighted by Gasteiger charge is -2.26. The zero-order chi connectivity index (χ0) is 61.6. The summed E-state index contributed by atoms with van der Waals surface area (Å²) in [6.07, 6.45) is 0. The second-order valence-electron chi connectivity index (χ2n) is 32.6. The van der Waals surface area contributed by atoms with E-state index in [4.69, 9.17) is 4.74 Å². The van der Waals surface area contributed by atoms with Crippen LogP contribution in [0.15, 0.2) is 84.9 Å². The third-order valence-electron chi connectivity index (χ3n) is 14.3. The summed E-state index contributed by atoms with van der Waals surface area (Å²) < 4.78 is 34.1. The van der Waals surface area contributed by atoms with Crippen LogP contribution < -0.4 is 4.74 Å². The molecule has 0 unspecified atom stereocenters. The van der Waals surface area contributed by atoms with Crippen LogP contribution in [0.3, 0.4) is 0 Å². The van der Waals surface area contributed by atoms with Crippen LogP contribution in [0.25, 0.3) is 0 Å². The van der Waals surface area contributed by atoms with Crippen molar-refractivity contribution in [1.82, 2.24) is 0 Å². The number of ether oxygens (including phenoxy) is 1. The summed E-state index contributed by atoms with van der Waals surface area (Å²) in [5.74, 6) is 0.891. The van der Waals surface area contributed by atoms with E-state index in [1.807, 2.05) is 20.8 Å². The molecule has 0 fully saturated rings. The number of aryl methyl sites for hydroxylation is 3. The van der Waals surface area contributed by atoms with Gasteiger partial charge in [0, 0.05) is 0 Å². The molecule has 1 nitrogen and oxygen atoms in total. The Morgan fingerprint density at radius 1 is 0.287 bits per heavy atom. The van der Waals surface area contributed by atoms with Crippen molar-refractivity contribution in [3.05, 3.63) is 169 Å². The Morgan fingerprint density at radius 3 is 0.762 bits per heavy atom. The molecule has 0 aliphatic heterocycles. The first-order chi connectivity index (χ1) is 34.6. The lowest BCUT2D eigenvalue weighted by molar-refractivity contribution is 0.328. The molecule has 0 N–H and O–H groups in total. The molecule has 0 aromatic heterocycles. The van der Waals surface area contributed by atoms with Gasteiger partial charge in [0.1, 0.15) is 17.4 Å². The van der Waals surface area contributed by atoms with Gasteiger partial charge in [0.15, 0.2) is 0 Å². The van der Waals surface area contributed by atoms with Crippen molar-refractivity contribution in [2.24, 2.45) is 0 Å². The third kappa shape index (κ3) is 24.3. The normalized spacial score (nSPS) is 12.6. The summed E-state index contributed by atoms with van der Waals surface area (Å²) in [5.41, 5.74) is 16.7. The first kappa shape index (κ1) is 77.8. The molecule has 0 aliphatic carbocycles. The Morgan fingerprint density at radius 2 is 0.537 bits per heavy atom. The standard InChI is InChI=1S/C16H26O.2C15H23F.C15H24.C14H22.2CH4/c1-8-17-14-11-12(15(2,3)4)9-10-13(14)16(5,6)7;2*1-10-8-11(14(2,3)4)9-12(16)13(10)15(5,6)7;1-11-10-12(14(2,3)4)8-9-13(11)15(5,6)7;1-13(2,3)11-7-9-12(10-8-11)14(4,5)6;;/h9-11H,8H2,1-7H3;2*8-9H,1-7H3;8-10H,1-7H3;7-10H,1-6H3;2*1H4. The quantitative estimate of drug-likeness (QED) is 0.171. The first-order valence-electron chi connectivity index (χ1n) is 29.2. The summed E-state index contributed by atoms with van der Waals surface area (Å²) in [6.45, 7) is 74.4. The monoisotopic (exact) mass is 1100 g/mol. The summed E-state index contributed by atoms with van der Waals surface area (Å²) >= 11 is 0. The lowest BCUT2D eigenvalue weighted by atomic mass is 9.79. The van der Waals surface area contributed by atoms with E-state index in [-0.39, 0.29) is 80.6 Å². The van der Waals surface area contributed by atoms with Crippen LogP contribution in [-0.4, -0.2) is 6.61 Å². The van der Waals surface area contributed by atoms with Crippen molar-refractivity contribution < 1.29 is 13.5 Å². The molecule has 454 valence electrons. The number of hydrogen-bond acceptors (Lipinski definition) is 1. The molecule has 0 bridgehead atoms. The van der Waals surface area contributed by atoms with Gasteiger partial charge in [0.2, 0.25) is 0 Å². The zero-order valence-electron chi connectivity index (χ0n) is 57.0. The van der Waals surface area contributed by atoms with Crippen molar-refractivity contribution >= 4 is 0 Å². The highest BCUT2D eigenvalue weighted by Gasteiger charge is 2.27. The van der Waals surface area contributed by atoms with Gasteiger partial charge < -0.3 is 4.74 Å². The summed E-state index contributed by atoms with van der Waals surface area (Å²) in [5, 5.41) is 0. The van der Waals surface area contributed by atoms with Crippen molar-refractivity contribution in [2.45, 2.75) is 304 Å². The molecule has 3 heteroatoms. The molecular weight excluding hydrogens is 979 g/mol.